The van der Waals surface area contributed by atoms with Crippen LogP contribution in [0.4, 0.5) is 24.7 Å². The molecule has 1 aromatic carbocycles. The molecular formula is C24H24F3N5O2. The summed E-state index contributed by atoms with van der Waals surface area (Å²) in [5.74, 6) is 0.584. The molecule has 1 fully saturated rings. The molecule has 2 atom stereocenters. The van der Waals surface area contributed by atoms with Gasteiger partial charge in [-0.3, -0.25) is 9.48 Å². The summed E-state index contributed by atoms with van der Waals surface area (Å²) in [6, 6.07) is 8.07. The molecule has 0 amide bonds. The zero-order valence-electron chi connectivity index (χ0n) is 18.7. The first-order valence-electron chi connectivity index (χ1n) is 11.1. The van der Waals surface area contributed by atoms with Gasteiger partial charge in [-0.2, -0.15) is 23.5 Å². The Morgan fingerprint density at radius 2 is 2.09 bits per heavy atom. The molecule has 0 bridgehead atoms. The number of alkyl halides is 3. The molecule has 0 aliphatic heterocycles. The second kappa shape index (κ2) is 7.34. The van der Waals surface area contributed by atoms with Gasteiger partial charge in [0.1, 0.15) is 5.39 Å². The number of rotatable bonds is 5. The Labute approximate surface area is 193 Å². The van der Waals surface area contributed by atoms with Crippen molar-refractivity contribution in [2.75, 3.05) is 5.32 Å². The quantitative estimate of drug-likeness (QED) is 0.502. The molecule has 5 rings (SSSR count). The zero-order chi connectivity index (χ0) is 24.5. The van der Waals surface area contributed by atoms with Gasteiger partial charge in [0.2, 0.25) is 0 Å². The van der Waals surface area contributed by atoms with Gasteiger partial charge in [-0.15, -0.1) is 0 Å². The monoisotopic (exact) mass is 471 g/mol. The van der Waals surface area contributed by atoms with Gasteiger partial charge in [0.15, 0.2) is 11.4 Å². The van der Waals surface area contributed by atoms with Crippen molar-refractivity contribution in [2.45, 2.75) is 57.3 Å². The Morgan fingerprint density at radius 3 is 2.74 bits per heavy atom. The highest BCUT2D eigenvalue weighted by Gasteiger charge is 2.66. The van der Waals surface area contributed by atoms with Crippen LogP contribution in [0.1, 0.15) is 50.3 Å². The van der Waals surface area contributed by atoms with Gasteiger partial charge in [0.25, 0.3) is 5.56 Å². The summed E-state index contributed by atoms with van der Waals surface area (Å²) in [7, 11) is 0. The van der Waals surface area contributed by atoms with Crippen molar-refractivity contribution in [3.05, 3.63) is 51.9 Å². The average Bonchev–Trinajstić information content (AvgIpc) is 3.49. The predicted molar refractivity (Wildman–Crippen MR) is 120 cm³/mol. The van der Waals surface area contributed by atoms with Crippen molar-refractivity contribution in [2.24, 2.45) is 11.3 Å². The number of nitrogens with zero attached hydrogens (tertiary/aromatic N) is 3. The topological polar surface area (TPSA) is 107 Å². The number of H-pyrrole nitrogens is 1. The van der Waals surface area contributed by atoms with Crippen LogP contribution in [0, 0.1) is 22.7 Å². The van der Waals surface area contributed by atoms with E-state index in [1.807, 2.05) is 0 Å². The molecule has 3 aromatic rings. The van der Waals surface area contributed by atoms with Gasteiger partial charge in [-0.1, -0.05) is 19.9 Å². The van der Waals surface area contributed by atoms with Gasteiger partial charge < -0.3 is 15.4 Å². The van der Waals surface area contributed by atoms with Crippen molar-refractivity contribution in [1.29, 1.82) is 5.26 Å². The van der Waals surface area contributed by atoms with Gasteiger partial charge in [-0.25, -0.2) is 0 Å². The van der Waals surface area contributed by atoms with E-state index in [1.54, 1.807) is 16.8 Å². The number of nitriles is 1. The van der Waals surface area contributed by atoms with Gasteiger partial charge in [0.05, 0.1) is 24.0 Å². The van der Waals surface area contributed by atoms with Crippen molar-refractivity contribution in [1.82, 2.24) is 14.8 Å². The highest BCUT2D eigenvalue weighted by atomic mass is 19.4. The van der Waals surface area contributed by atoms with E-state index in [0.29, 0.717) is 28.1 Å². The molecule has 1 saturated carbocycles. The van der Waals surface area contributed by atoms with Gasteiger partial charge >= 0.3 is 6.18 Å². The van der Waals surface area contributed by atoms with Crippen LogP contribution in [0.15, 0.2) is 35.3 Å². The van der Waals surface area contributed by atoms with Crippen LogP contribution in [0.25, 0.3) is 10.9 Å². The molecule has 2 aliphatic carbocycles. The van der Waals surface area contributed by atoms with E-state index in [9.17, 15) is 28.3 Å². The van der Waals surface area contributed by atoms with Crippen LogP contribution in [-0.4, -0.2) is 26.0 Å². The molecule has 178 valence electrons. The van der Waals surface area contributed by atoms with Gasteiger partial charge in [0, 0.05) is 17.3 Å². The van der Waals surface area contributed by atoms with E-state index in [2.05, 4.69) is 21.5 Å². The summed E-state index contributed by atoms with van der Waals surface area (Å²) < 4.78 is 43.3. The predicted octanol–water partition coefficient (Wildman–Crippen LogP) is 4.67. The Morgan fingerprint density at radius 1 is 1.35 bits per heavy atom. The van der Waals surface area contributed by atoms with Crippen LogP contribution in [-0.2, 0) is 12.0 Å². The first kappa shape index (κ1) is 22.5. The highest BCUT2D eigenvalue weighted by Crippen LogP contribution is 2.58. The van der Waals surface area contributed by atoms with Crippen LogP contribution >= 0.6 is 0 Å². The number of aromatic amines is 1. The molecule has 1 unspecified atom stereocenters. The van der Waals surface area contributed by atoms with Crippen molar-refractivity contribution < 1.29 is 18.3 Å². The van der Waals surface area contributed by atoms with E-state index < -0.39 is 17.2 Å². The minimum atomic E-state index is -4.82. The lowest BCUT2D eigenvalue weighted by atomic mass is 9.75. The Kier molecular flexibility index (Phi) is 4.85. The Hall–Kier alpha value is -3.32. The molecule has 3 N–H and O–H groups in total. The SMILES string of the molecule is CC1(C)Cc2cc(Nc3nn(C(CC#N)C4CC4)c4cc[nH]c(=O)c34)ccc2[C@@]1(O)C(F)(F)F. The smallest absolute Gasteiger partial charge is 0.376 e. The fourth-order valence-corrected chi connectivity index (χ4v) is 5.28. The van der Waals surface area contributed by atoms with Crippen LogP contribution in [0.3, 0.4) is 0 Å². The highest BCUT2D eigenvalue weighted by molar-refractivity contribution is 5.91. The fraction of sp³-hybridized carbons (Fsp3) is 0.458. The molecule has 2 heterocycles. The molecular weight excluding hydrogens is 447 g/mol. The summed E-state index contributed by atoms with van der Waals surface area (Å²) in [4.78, 5) is 15.3. The second-order valence-electron chi connectivity index (χ2n) is 9.89. The molecule has 34 heavy (non-hydrogen) atoms. The standard InChI is InChI=1S/C24H24F3N5O2/c1-22(2)12-14-11-15(5-6-16(14)23(22,34)24(25,26)27)30-20-19-18(8-10-29-21(19)33)32(31-20)17(7-9-28)13-3-4-13/h5-6,8,10-11,13,17,34H,3-4,7,12H2,1-2H3,(H,29,33)(H,30,31)/t17?,23-/m0/s1. The van der Waals surface area contributed by atoms with Crippen LogP contribution in [0.2, 0.25) is 0 Å². The normalized spacial score (nSPS) is 22.4. The lowest BCUT2D eigenvalue weighted by molar-refractivity contribution is -0.299. The number of hydrogen-bond acceptors (Lipinski definition) is 5. The van der Waals surface area contributed by atoms with Crippen LogP contribution in [0.5, 0.6) is 0 Å². The molecule has 10 heteroatoms. The summed E-state index contributed by atoms with van der Waals surface area (Å²) in [5.41, 5.74) is -3.47. The lowest BCUT2D eigenvalue weighted by Crippen LogP contribution is -2.50. The van der Waals surface area contributed by atoms with Crippen LogP contribution < -0.4 is 10.9 Å². The number of pyridine rings is 1. The third-order valence-corrected chi connectivity index (χ3v) is 7.19. The molecule has 2 aliphatic rings. The number of benzene rings is 1. The number of hydrogen-bond donors (Lipinski definition) is 3. The number of halogens is 3. The summed E-state index contributed by atoms with van der Waals surface area (Å²) in [6.07, 6.45) is -1.02. The Balaban J connectivity index is 1.57. The van der Waals surface area contributed by atoms with Crippen molar-refractivity contribution >= 4 is 22.4 Å². The number of anilines is 2. The van der Waals surface area contributed by atoms with E-state index in [4.69, 9.17) is 0 Å². The summed E-state index contributed by atoms with van der Waals surface area (Å²) in [5, 5.41) is 28.0. The van der Waals surface area contributed by atoms with Gasteiger partial charge in [-0.05, 0) is 54.5 Å². The molecule has 0 radical (unpaired) electrons. The molecule has 0 spiro atoms. The average molecular weight is 471 g/mol. The van der Waals surface area contributed by atoms with E-state index in [0.717, 1.165) is 12.8 Å². The molecule has 2 aromatic heterocycles. The number of aliphatic hydroxyl groups is 1. The largest absolute Gasteiger partial charge is 0.421 e. The summed E-state index contributed by atoms with van der Waals surface area (Å²) in [6.45, 7) is 2.80. The lowest BCUT2D eigenvalue weighted by Gasteiger charge is -2.38. The maximum Gasteiger partial charge on any atom is 0.421 e. The van der Waals surface area contributed by atoms with Crippen molar-refractivity contribution in [3.8, 4) is 6.07 Å². The zero-order valence-corrected chi connectivity index (χ0v) is 18.7. The molecule has 0 saturated heterocycles. The molecule has 7 nitrogen and oxygen atoms in total. The second-order valence-corrected chi connectivity index (χ2v) is 9.89. The summed E-state index contributed by atoms with van der Waals surface area (Å²) >= 11 is 0. The fourth-order valence-electron chi connectivity index (χ4n) is 5.28. The number of aromatic nitrogens is 3. The minimum Gasteiger partial charge on any atom is -0.376 e. The third-order valence-electron chi connectivity index (χ3n) is 7.19. The number of fused-ring (bicyclic) bond motifs is 2. The van der Waals surface area contributed by atoms with E-state index >= 15 is 0 Å². The number of nitrogens with one attached hydrogen (secondary N) is 2. The first-order valence-corrected chi connectivity index (χ1v) is 11.1. The minimum absolute atomic E-state index is 0.0373. The maximum atomic E-state index is 13.9. The third kappa shape index (κ3) is 3.21. The van der Waals surface area contributed by atoms with Crippen molar-refractivity contribution in [3.63, 3.8) is 0 Å². The Bertz CT molecular complexity index is 1380. The maximum absolute atomic E-state index is 13.9. The van der Waals surface area contributed by atoms with E-state index in [-0.39, 0.29) is 35.8 Å². The van der Waals surface area contributed by atoms with E-state index in [1.165, 1.54) is 32.2 Å². The first-order chi connectivity index (χ1) is 16.0.